The second-order valence-corrected chi connectivity index (χ2v) is 4.67. The molecule has 0 spiro atoms. The summed E-state index contributed by atoms with van der Waals surface area (Å²) in [7, 11) is 0. The molecule has 0 aliphatic heterocycles. The summed E-state index contributed by atoms with van der Waals surface area (Å²) >= 11 is 0. The molecule has 0 aromatic heterocycles. The lowest BCUT2D eigenvalue weighted by Gasteiger charge is -2.09. The van der Waals surface area contributed by atoms with Crippen molar-refractivity contribution in [3.05, 3.63) is 47.5 Å². The van der Waals surface area contributed by atoms with Crippen LogP contribution in [0.1, 0.15) is 31.2 Å². The molecule has 0 radical (unpaired) electrons. The molecule has 2 rings (SSSR count). The molecule has 0 amide bonds. The number of hydrogen-bond donors (Lipinski definition) is 1. The van der Waals surface area contributed by atoms with Crippen LogP contribution in [0.2, 0.25) is 0 Å². The Hall–Kier alpha value is -1.57. The van der Waals surface area contributed by atoms with E-state index in [0.717, 1.165) is 18.4 Å². The van der Waals surface area contributed by atoms with Gasteiger partial charge in [-0.3, -0.25) is 4.79 Å². The molecule has 2 nitrogen and oxygen atoms in total. The van der Waals surface area contributed by atoms with Gasteiger partial charge in [0.2, 0.25) is 0 Å². The molecule has 1 aromatic carbocycles. The summed E-state index contributed by atoms with van der Waals surface area (Å²) < 4.78 is 0. The summed E-state index contributed by atoms with van der Waals surface area (Å²) in [6, 6.07) is 9.84. The summed E-state index contributed by atoms with van der Waals surface area (Å²) in [6.45, 7) is 0. The SMILES string of the molecule is O=C(O)C(C=C1CCCC1)Cc1ccccc1. The highest BCUT2D eigenvalue weighted by atomic mass is 16.4. The first-order valence-corrected chi connectivity index (χ1v) is 6.22. The van der Waals surface area contributed by atoms with Crippen molar-refractivity contribution >= 4 is 5.97 Å². The van der Waals surface area contributed by atoms with E-state index in [2.05, 4.69) is 0 Å². The summed E-state index contributed by atoms with van der Waals surface area (Å²) in [5.41, 5.74) is 2.42. The van der Waals surface area contributed by atoms with E-state index in [-0.39, 0.29) is 5.92 Å². The highest BCUT2D eigenvalue weighted by Gasteiger charge is 2.17. The molecule has 1 atom stereocenters. The highest BCUT2D eigenvalue weighted by Crippen LogP contribution is 2.26. The molecule has 2 heteroatoms. The molecule has 0 heterocycles. The van der Waals surface area contributed by atoms with Crippen LogP contribution in [0.25, 0.3) is 0 Å². The van der Waals surface area contributed by atoms with Crippen LogP contribution in [0.4, 0.5) is 0 Å². The van der Waals surface area contributed by atoms with Gasteiger partial charge in [-0.2, -0.15) is 0 Å². The minimum atomic E-state index is -0.715. The van der Waals surface area contributed by atoms with Crippen LogP contribution in [-0.4, -0.2) is 11.1 Å². The van der Waals surface area contributed by atoms with Crippen LogP contribution >= 0.6 is 0 Å². The first kappa shape index (κ1) is 11.9. The largest absolute Gasteiger partial charge is 0.481 e. The zero-order chi connectivity index (χ0) is 12.1. The summed E-state index contributed by atoms with van der Waals surface area (Å²) in [5.74, 6) is -1.08. The Bertz CT molecular complexity index is 398. The third-order valence-corrected chi connectivity index (χ3v) is 3.30. The van der Waals surface area contributed by atoms with Crippen molar-refractivity contribution in [3.63, 3.8) is 0 Å². The van der Waals surface area contributed by atoms with Gasteiger partial charge in [0.25, 0.3) is 0 Å². The van der Waals surface area contributed by atoms with Crippen LogP contribution in [0, 0.1) is 5.92 Å². The molecular weight excluding hydrogens is 212 g/mol. The number of allylic oxidation sites excluding steroid dienone is 1. The third kappa shape index (κ3) is 3.45. The normalized spacial score (nSPS) is 16.8. The van der Waals surface area contributed by atoms with Gasteiger partial charge in [-0.15, -0.1) is 0 Å². The van der Waals surface area contributed by atoms with Crippen molar-refractivity contribution < 1.29 is 9.90 Å². The fourth-order valence-corrected chi connectivity index (χ4v) is 2.37. The van der Waals surface area contributed by atoms with Crippen LogP contribution in [-0.2, 0) is 11.2 Å². The van der Waals surface area contributed by atoms with Crippen molar-refractivity contribution in [3.8, 4) is 0 Å². The number of aliphatic carboxylic acids is 1. The van der Waals surface area contributed by atoms with E-state index in [9.17, 15) is 9.90 Å². The first-order valence-electron chi connectivity index (χ1n) is 6.22. The molecule has 1 aliphatic carbocycles. The fourth-order valence-electron chi connectivity index (χ4n) is 2.37. The number of carboxylic acid groups (broad SMARTS) is 1. The molecule has 1 saturated carbocycles. The number of rotatable bonds is 4. The highest BCUT2D eigenvalue weighted by molar-refractivity contribution is 5.72. The van der Waals surface area contributed by atoms with Crippen molar-refractivity contribution in [2.75, 3.05) is 0 Å². The molecular formula is C15H18O2. The molecule has 0 bridgehead atoms. The van der Waals surface area contributed by atoms with Crippen LogP contribution < -0.4 is 0 Å². The average Bonchev–Trinajstić information content (AvgIpc) is 2.82. The van der Waals surface area contributed by atoms with Gasteiger partial charge in [0, 0.05) is 0 Å². The van der Waals surface area contributed by atoms with Gasteiger partial charge in [-0.25, -0.2) is 0 Å². The zero-order valence-corrected chi connectivity index (χ0v) is 9.93. The van der Waals surface area contributed by atoms with Gasteiger partial charge in [-0.05, 0) is 37.7 Å². The van der Waals surface area contributed by atoms with Gasteiger partial charge in [0.15, 0.2) is 0 Å². The molecule has 90 valence electrons. The summed E-state index contributed by atoms with van der Waals surface area (Å²) in [5, 5.41) is 9.25. The Morgan fingerprint density at radius 2 is 1.88 bits per heavy atom. The maximum absolute atomic E-state index is 11.2. The summed E-state index contributed by atoms with van der Waals surface area (Å²) in [6.07, 6.45) is 7.16. The number of hydrogen-bond acceptors (Lipinski definition) is 1. The maximum Gasteiger partial charge on any atom is 0.310 e. The summed E-state index contributed by atoms with van der Waals surface area (Å²) in [4.78, 5) is 11.2. The lowest BCUT2D eigenvalue weighted by atomic mass is 9.96. The first-order chi connectivity index (χ1) is 8.25. The quantitative estimate of drug-likeness (QED) is 0.804. The van der Waals surface area contributed by atoms with Crippen molar-refractivity contribution in [1.29, 1.82) is 0 Å². The van der Waals surface area contributed by atoms with Crippen LogP contribution in [0.5, 0.6) is 0 Å². The second-order valence-electron chi connectivity index (χ2n) is 4.67. The average molecular weight is 230 g/mol. The monoisotopic (exact) mass is 230 g/mol. The van der Waals surface area contributed by atoms with Crippen LogP contribution in [0.3, 0.4) is 0 Å². The minimum Gasteiger partial charge on any atom is -0.481 e. The zero-order valence-electron chi connectivity index (χ0n) is 9.93. The predicted molar refractivity (Wildman–Crippen MR) is 67.8 cm³/mol. The Kier molecular flexibility index (Phi) is 3.97. The predicted octanol–water partition coefficient (Wildman–Crippen LogP) is 3.43. The van der Waals surface area contributed by atoms with Gasteiger partial charge in [0.1, 0.15) is 0 Å². The molecule has 1 aliphatic rings. The topological polar surface area (TPSA) is 37.3 Å². The number of carbonyl (C=O) groups is 1. The molecule has 1 fully saturated rings. The van der Waals surface area contributed by atoms with Gasteiger partial charge >= 0.3 is 5.97 Å². The standard InChI is InChI=1S/C15H18O2/c16-15(17)14(11-13-8-4-5-9-13)10-12-6-2-1-3-7-12/h1-3,6-7,11,14H,4-5,8-10H2,(H,16,17). The van der Waals surface area contributed by atoms with E-state index in [1.165, 1.54) is 18.4 Å². The molecule has 1 unspecified atom stereocenters. The van der Waals surface area contributed by atoms with E-state index in [1.807, 2.05) is 36.4 Å². The Morgan fingerprint density at radius 1 is 1.24 bits per heavy atom. The lowest BCUT2D eigenvalue weighted by molar-refractivity contribution is -0.140. The van der Waals surface area contributed by atoms with E-state index < -0.39 is 5.97 Å². The lowest BCUT2D eigenvalue weighted by Crippen LogP contribution is -2.14. The molecule has 1 N–H and O–H groups in total. The van der Waals surface area contributed by atoms with Crippen molar-refractivity contribution in [2.45, 2.75) is 32.1 Å². The van der Waals surface area contributed by atoms with E-state index >= 15 is 0 Å². The minimum absolute atomic E-state index is 0.370. The van der Waals surface area contributed by atoms with Gasteiger partial charge in [0.05, 0.1) is 5.92 Å². The smallest absolute Gasteiger partial charge is 0.310 e. The van der Waals surface area contributed by atoms with Gasteiger partial charge < -0.3 is 5.11 Å². The maximum atomic E-state index is 11.2. The van der Waals surface area contributed by atoms with Crippen LogP contribution in [0.15, 0.2) is 42.0 Å². The van der Waals surface area contributed by atoms with E-state index in [4.69, 9.17) is 0 Å². The van der Waals surface area contributed by atoms with E-state index in [0.29, 0.717) is 6.42 Å². The fraction of sp³-hybridized carbons (Fsp3) is 0.400. The van der Waals surface area contributed by atoms with Gasteiger partial charge in [-0.1, -0.05) is 42.0 Å². The number of benzene rings is 1. The second kappa shape index (κ2) is 5.67. The van der Waals surface area contributed by atoms with Crippen molar-refractivity contribution in [1.82, 2.24) is 0 Å². The Balaban J connectivity index is 2.08. The Morgan fingerprint density at radius 3 is 2.47 bits per heavy atom. The number of carboxylic acids is 1. The molecule has 1 aromatic rings. The third-order valence-electron chi connectivity index (χ3n) is 3.30. The van der Waals surface area contributed by atoms with E-state index in [1.54, 1.807) is 0 Å². The Labute approximate surface area is 102 Å². The molecule has 0 saturated heterocycles. The molecule has 17 heavy (non-hydrogen) atoms. The van der Waals surface area contributed by atoms with Crippen molar-refractivity contribution in [2.24, 2.45) is 5.92 Å².